The smallest absolute Gasteiger partial charge is 0.335 e. The van der Waals surface area contributed by atoms with Gasteiger partial charge in [0.2, 0.25) is 0 Å². The number of likely N-dealkylation sites (tertiary alicyclic amines) is 1. The van der Waals surface area contributed by atoms with Crippen LogP contribution in [0.2, 0.25) is 0 Å². The average molecular weight is 276 g/mol. The Balaban J connectivity index is 2.05. The number of benzene rings is 1. The van der Waals surface area contributed by atoms with Gasteiger partial charge in [-0.2, -0.15) is 0 Å². The van der Waals surface area contributed by atoms with E-state index in [-0.39, 0.29) is 0 Å². The third kappa shape index (κ3) is 3.51. The lowest BCUT2D eigenvalue weighted by atomic mass is 9.90. The molecule has 20 heavy (non-hydrogen) atoms. The topological polar surface area (TPSA) is 52.6 Å². The molecule has 1 aliphatic rings. The Bertz CT molecular complexity index is 479. The number of carboxylic acids is 1. The van der Waals surface area contributed by atoms with Gasteiger partial charge in [-0.1, -0.05) is 6.07 Å². The van der Waals surface area contributed by atoms with Gasteiger partial charge in [0.1, 0.15) is 0 Å². The molecule has 1 saturated heterocycles. The Morgan fingerprint density at radius 2 is 2.05 bits per heavy atom. The van der Waals surface area contributed by atoms with Crippen molar-refractivity contribution in [3.8, 4) is 0 Å². The van der Waals surface area contributed by atoms with Crippen molar-refractivity contribution in [3.63, 3.8) is 0 Å². The fourth-order valence-electron chi connectivity index (χ4n) is 2.80. The summed E-state index contributed by atoms with van der Waals surface area (Å²) in [6.07, 6.45) is 2.39. The van der Waals surface area contributed by atoms with Crippen molar-refractivity contribution in [3.05, 3.63) is 29.3 Å². The maximum absolute atomic E-state index is 11.1. The van der Waals surface area contributed by atoms with Gasteiger partial charge in [-0.15, -0.1) is 0 Å². The number of rotatable bonds is 4. The van der Waals surface area contributed by atoms with Gasteiger partial charge in [0, 0.05) is 11.7 Å². The fourth-order valence-corrected chi connectivity index (χ4v) is 2.80. The molecule has 2 rings (SSSR count). The second-order valence-electron chi connectivity index (χ2n) is 5.91. The van der Waals surface area contributed by atoms with E-state index in [1.54, 1.807) is 12.1 Å². The number of carbonyl (C=O) groups is 1. The van der Waals surface area contributed by atoms with Gasteiger partial charge in [0.05, 0.1) is 5.56 Å². The first-order valence-corrected chi connectivity index (χ1v) is 7.26. The Morgan fingerprint density at radius 3 is 2.65 bits per heavy atom. The number of piperidine rings is 1. The third-order valence-corrected chi connectivity index (χ3v) is 4.34. The summed E-state index contributed by atoms with van der Waals surface area (Å²) in [6.45, 7) is 6.49. The van der Waals surface area contributed by atoms with Crippen molar-refractivity contribution >= 4 is 11.7 Å². The molecule has 4 heteroatoms. The van der Waals surface area contributed by atoms with E-state index in [2.05, 4.69) is 24.2 Å². The molecule has 1 fully saturated rings. The van der Waals surface area contributed by atoms with E-state index in [1.807, 2.05) is 13.0 Å². The van der Waals surface area contributed by atoms with Crippen molar-refractivity contribution < 1.29 is 9.90 Å². The molecule has 0 radical (unpaired) electrons. The Labute approximate surface area is 120 Å². The summed E-state index contributed by atoms with van der Waals surface area (Å²) in [6, 6.07) is 5.63. The van der Waals surface area contributed by atoms with Gasteiger partial charge in [-0.25, -0.2) is 4.79 Å². The second kappa shape index (κ2) is 6.27. The first-order valence-electron chi connectivity index (χ1n) is 7.26. The zero-order valence-electron chi connectivity index (χ0n) is 12.5. The first kappa shape index (κ1) is 14.9. The van der Waals surface area contributed by atoms with Crippen LogP contribution >= 0.6 is 0 Å². The van der Waals surface area contributed by atoms with Crippen molar-refractivity contribution in [2.45, 2.75) is 32.7 Å². The van der Waals surface area contributed by atoms with E-state index in [0.717, 1.165) is 24.3 Å². The van der Waals surface area contributed by atoms with Crippen LogP contribution < -0.4 is 5.32 Å². The quantitative estimate of drug-likeness (QED) is 0.888. The highest BCUT2D eigenvalue weighted by Crippen LogP contribution is 2.24. The van der Waals surface area contributed by atoms with Crippen molar-refractivity contribution in [2.24, 2.45) is 5.92 Å². The summed E-state index contributed by atoms with van der Waals surface area (Å²) in [5.74, 6) is -0.223. The third-order valence-electron chi connectivity index (χ3n) is 4.34. The Hall–Kier alpha value is -1.55. The number of nitrogens with zero attached hydrogens (tertiary/aromatic N) is 1. The lowest BCUT2D eigenvalue weighted by Crippen LogP contribution is -2.37. The molecule has 110 valence electrons. The molecule has 0 bridgehead atoms. The summed E-state index contributed by atoms with van der Waals surface area (Å²) in [4.78, 5) is 13.4. The van der Waals surface area contributed by atoms with Gasteiger partial charge >= 0.3 is 5.97 Å². The number of aromatic carboxylic acids is 1. The summed E-state index contributed by atoms with van der Waals surface area (Å²) < 4.78 is 0. The lowest BCUT2D eigenvalue weighted by Gasteiger charge is -2.33. The number of hydrogen-bond donors (Lipinski definition) is 2. The van der Waals surface area contributed by atoms with Gasteiger partial charge in [0.15, 0.2) is 0 Å². The molecule has 1 heterocycles. The van der Waals surface area contributed by atoms with E-state index in [9.17, 15) is 4.79 Å². The first-order chi connectivity index (χ1) is 9.47. The van der Waals surface area contributed by atoms with Gasteiger partial charge in [0.25, 0.3) is 0 Å². The van der Waals surface area contributed by atoms with E-state index in [1.165, 1.54) is 12.8 Å². The average Bonchev–Trinajstić information content (AvgIpc) is 2.41. The van der Waals surface area contributed by atoms with E-state index in [4.69, 9.17) is 5.11 Å². The van der Waals surface area contributed by atoms with E-state index >= 15 is 0 Å². The second-order valence-corrected chi connectivity index (χ2v) is 5.91. The summed E-state index contributed by atoms with van der Waals surface area (Å²) in [5, 5.41) is 12.6. The predicted molar refractivity (Wildman–Crippen MR) is 81.4 cm³/mol. The molecule has 1 atom stereocenters. The number of carboxylic acid groups (broad SMARTS) is 1. The lowest BCUT2D eigenvalue weighted by molar-refractivity contribution is 0.0697. The van der Waals surface area contributed by atoms with Crippen LogP contribution in [-0.4, -0.2) is 42.2 Å². The predicted octanol–water partition coefficient (Wildman–Crippen LogP) is 2.84. The molecule has 0 saturated carbocycles. The zero-order chi connectivity index (χ0) is 14.7. The van der Waals surface area contributed by atoms with E-state index < -0.39 is 5.97 Å². The molecule has 0 aliphatic carbocycles. The summed E-state index contributed by atoms with van der Waals surface area (Å²) in [7, 11) is 2.16. The molecule has 4 nitrogen and oxygen atoms in total. The molecule has 1 aromatic carbocycles. The number of aryl methyl sites for hydroxylation is 1. The van der Waals surface area contributed by atoms with Crippen LogP contribution in [0.25, 0.3) is 0 Å². The zero-order valence-corrected chi connectivity index (χ0v) is 12.5. The molecular weight excluding hydrogens is 252 g/mol. The van der Waals surface area contributed by atoms with Crippen LogP contribution in [0.1, 0.15) is 35.7 Å². The summed E-state index contributed by atoms with van der Waals surface area (Å²) in [5.41, 5.74) is 2.37. The molecular formula is C16H24N2O2. The minimum atomic E-state index is -0.875. The van der Waals surface area contributed by atoms with Crippen LogP contribution in [0.3, 0.4) is 0 Å². The highest BCUT2D eigenvalue weighted by Gasteiger charge is 2.22. The van der Waals surface area contributed by atoms with E-state index in [0.29, 0.717) is 17.5 Å². The highest BCUT2D eigenvalue weighted by atomic mass is 16.4. The molecule has 1 aliphatic heterocycles. The van der Waals surface area contributed by atoms with Gasteiger partial charge < -0.3 is 15.3 Å². The van der Waals surface area contributed by atoms with Crippen molar-refractivity contribution in [1.29, 1.82) is 0 Å². The summed E-state index contributed by atoms with van der Waals surface area (Å²) >= 11 is 0. The van der Waals surface area contributed by atoms with Gasteiger partial charge in [-0.05, 0) is 70.4 Å². The van der Waals surface area contributed by atoms with Crippen LogP contribution in [0.4, 0.5) is 5.69 Å². The maximum Gasteiger partial charge on any atom is 0.335 e. The fraction of sp³-hybridized carbons (Fsp3) is 0.562. The largest absolute Gasteiger partial charge is 0.478 e. The van der Waals surface area contributed by atoms with Crippen LogP contribution in [0.5, 0.6) is 0 Å². The molecule has 1 unspecified atom stereocenters. The SMILES string of the molecule is Cc1ccc(C(=O)O)cc1NC(C)C1CCN(C)CC1. The van der Waals surface area contributed by atoms with Gasteiger partial charge in [-0.3, -0.25) is 0 Å². The number of anilines is 1. The van der Waals surface area contributed by atoms with Crippen LogP contribution in [0.15, 0.2) is 18.2 Å². The number of nitrogens with one attached hydrogen (secondary N) is 1. The molecule has 2 N–H and O–H groups in total. The van der Waals surface area contributed by atoms with Crippen LogP contribution in [-0.2, 0) is 0 Å². The van der Waals surface area contributed by atoms with Crippen molar-refractivity contribution in [1.82, 2.24) is 4.90 Å². The maximum atomic E-state index is 11.1. The van der Waals surface area contributed by atoms with Crippen LogP contribution in [0, 0.1) is 12.8 Å². The minimum absolute atomic E-state index is 0.341. The number of hydrogen-bond acceptors (Lipinski definition) is 3. The Kier molecular flexibility index (Phi) is 4.65. The normalized spacial score (nSPS) is 18.8. The Morgan fingerprint density at radius 1 is 1.40 bits per heavy atom. The minimum Gasteiger partial charge on any atom is -0.478 e. The molecule has 1 aromatic rings. The monoisotopic (exact) mass is 276 g/mol. The highest BCUT2D eigenvalue weighted by molar-refractivity contribution is 5.89. The molecule has 0 spiro atoms. The van der Waals surface area contributed by atoms with Crippen molar-refractivity contribution in [2.75, 3.05) is 25.5 Å². The molecule has 0 amide bonds. The standard InChI is InChI=1S/C16H24N2O2/c1-11-4-5-14(16(19)20)10-15(11)17-12(2)13-6-8-18(3)9-7-13/h4-5,10,12-13,17H,6-9H2,1-3H3,(H,19,20). The molecule has 0 aromatic heterocycles.